The van der Waals surface area contributed by atoms with Gasteiger partial charge < -0.3 is 14.6 Å². The van der Waals surface area contributed by atoms with E-state index >= 15 is 0 Å². The van der Waals surface area contributed by atoms with Gasteiger partial charge in [0.05, 0.1) is 18.5 Å². The van der Waals surface area contributed by atoms with E-state index in [9.17, 15) is 0 Å². The van der Waals surface area contributed by atoms with Gasteiger partial charge in [0, 0.05) is 6.20 Å². The topological polar surface area (TPSA) is 54.0 Å². The van der Waals surface area contributed by atoms with Crippen LogP contribution in [0.1, 0.15) is 5.56 Å². The number of anilines is 1. The highest BCUT2D eigenvalue weighted by atomic mass is 16.5. The Morgan fingerprint density at radius 3 is 3.00 bits per heavy atom. The predicted octanol–water partition coefficient (Wildman–Crippen LogP) is 2.53. The zero-order valence-corrected chi connectivity index (χ0v) is 11.8. The van der Waals surface area contributed by atoms with Crippen LogP contribution >= 0.6 is 0 Å². The number of H-pyrrole nitrogens is 1. The van der Waals surface area contributed by atoms with E-state index in [4.69, 9.17) is 4.74 Å². The average molecular weight is 280 g/mol. The summed E-state index contributed by atoms with van der Waals surface area (Å²) in [6, 6.07) is 10.2. The standard InChI is InChI=1S/C16H16N4O/c1-11-3-2-4-12(7-11)21-13-8-20(9-13)16-14-5-6-17-15(14)18-10-19-16/h2-7,10,13H,8-9H2,1H3,(H,17,18,19). The van der Waals surface area contributed by atoms with Crippen LogP contribution in [0, 0.1) is 6.92 Å². The Morgan fingerprint density at radius 2 is 2.14 bits per heavy atom. The fourth-order valence-corrected chi connectivity index (χ4v) is 2.68. The zero-order chi connectivity index (χ0) is 14.2. The Balaban J connectivity index is 1.46. The lowest BCUT2D eigenvalue weighted by atomic mass is 10.1. The van der Waals surface area contributed by atoms with Gasteiger partial charge in [-0.25, -0.2) is 9.97 Å². The van der Waals surface area contributed by atoms with Crippen LogP contribution in [0.25, 0.3) is 11.0 Å². The Bertz CT molecular complexity index is 777. The summed E-state index contributed by atoms with van der Waals surface area (Å²) < 4.78 is 5.98. The average Bonchev–Trinajstić information content (AvgIpc) is 2.91. The van der Waals surface area contributed by atoms with Crippen LogP contribution in [-0.4, -0.2) is 34.1 Å². The van der Waals surface area contributed by atoms with Crippen molar-refractivity contribution in [1.29, 1.82) is 0 Å². The van der Waals surface area contributed by atoms with E-state index in [-0.39, 0.29) is 6.10 Å². The van der Waals surface area contributed by atoms with Crippen molar-refractivity contribution in [3.05, 3.63) is 48.4 Å². The number of fused-ring (bicyclic) bond motifs is 1. The first-order valence-corrected chi connectivity index (χ1v) is 7.06. The molecule has 0 saturated carbocycles. The van der Waals surface area contributed by atoms with Gasteiger partial charge in [0.2, 0.25) is 0 Å². The molecule has 5 nitrogen and oxygen atoms in total. The molecule has 21 heavy (non-hydrogen) atoms. The van der Waals surface area contributed by atoms with Crippen LogP contribution < -0.4 is 9.64 Å². The van der Waals surface area contributed by atoms with E-state index in [2.05, 4.69) is 38.9 Å². The first-order valence-electron chi connectivity index (χ1n) is 7.06. The Morgan fingerprint density at radius 1 is 1.24 bits per heavy atom. The van der Waals surface area contributed by atoms with Crippen molar-refractivity contribution >= 4 is 16.9 Å². The second kappa shape index (κ2) is 4.77. The molecule has 1 saturated heterocycles. The third-order valence-electron chi connectivity index (χ3n) is 3.77. The lowest BCUT2D eigenvalue weighted by molar-refractivity contribution is 0.167. The number of nitrogens with one attached hydrogen (secondary N) is 1. The molecule has 3 heterocycles. The van der Waals surface area contributed by atoms with Crippen LogP contribution in [0.3, 0.4) is 0 Å². The number of hydrogen-bond acceptors (Lipinski definition) is 4. The van der Waals surface area contributed by atoms with E-state index in [0.29, 0.717) is 0 Å². The molecule has 0 aliphatic carbocycles. The highest BCUT2D eigenvalue weighted by molar-refractivity contribution is 5.87. The molecule has 3 aromatic rings. The second-order valence-electron chi connectivity index (χ2n) is 5.40. The molecule has 1 aliphatic rings. The quantitative estimate of drug-likeness (QED) is 0.801. The van der Waals surface area contributed by atoms with E-state index < -0.39 is 0 Å². The van der Waals surface area contributed by atoms with Gasteiger partial charge in [0.25, 0.3) is 0 Å². The maximum Gasteiger partial charge on any atom is 0.142 e. The van der Waals surface area contributed by atoms with Crippen molar-refractivity contribution in [3.8, 4) is 5.75 Å². The maximum atomic E-state index is 5.98. The minimum absolute atomic E-state index is 0.218. The van der Waals surface area contributed by atoms with Gasteiger partial charge in [-0.1, -0.05) is 12.1 Å². The molecule has 1 aromatic carbocycles. The van der Waals surface area contributed by atoms with Gasteiger partial charge in [-0.15, -0.1) is 0 Å². The highest BCUT2D eigenvalue weighted by Gasteiger charge is 2.30. The fraction of sp³-hybridized carbons (Fsp3) is 0.250. The van der Waals surface area contributed by atoms with Crippen LogP contribution in [0.5, 0.6) is 5.75 Å². The summed E-state index contributed by atoms with van der Waals surface area (Å²) in [6.07, 6.45) is 3.71. The molecule has 1 fully saturated rings. The Labute approximate surface area is 122 Å². The van der Waals surface area contributed by atoms with Crippen LogP contribution in [0.4, 0.5) is 5.82 Å². The summed E-state index contributed by atoms with van der Waals surface area (Å²) in [7, 11) is 0. The molecule has 0 spiro atoms. The maximum absolute atomic E-state index is 5.98. The van der Waals surface area contributed by atoms with E-state index in [1.807, 2.05) is 24.4 Å². The Kier molecular flexibility index (Phi) is 2.77. The Hall–Kier alpha value is -2.56. The summed E-state index contributed by atoms with van der Waals surface area (Å²) >= 11 is 0. The summed E-state index contributed by atoms with van der Waals surface area (Å²) in [4.78, 5) is 13.9. The third-order valence-corrected chi connectivity index (χ3v) is 3.77. The SMILES string of the molecule is Cc1cccc(OC2CN(c3ncnc4[nH]ccc34)C2)c1. The van der Waals surface area contributed by atoms with Crippen molar-refractivity contribution in [2.75, 3.05) is 18.0 Å². The van der Waals surface area contributed by atoms with Crippen molar-refractivity contribution in [2.45, 2.75) is 13.0 Å². The summed E-state index contributed by atoms with van der Waals surface area (Å²) in [6.45, 7) is 3.78. The van der Waals surface area contributed by atoms with Crippen LogP contribution in [0.2, 0.25) is 0 Å². The highest BCUT2D eigenvalue weighted by Crippen LogP contribution is 2.27. The van der Waals surface area contributed by atoms with Gasteiger partial charge in [-0.3, -0.25) is 0 Å². The van der Waals surface area contributed by atoms with Gasteiger partial charge >= 0.3 is 0 Å². The predicted molar refractivity (Wildman–Crippen MR) is 81.7 cm³/mol. The van der Waals surface area contributed by atoms with Crippen LogP contribution in [0.15, 0.2) is 42.9 Å². The lowest BCUT2D eigenvalue weighted by Gasteiger charge is -2.40. The van der Waals surface area contributed by atoms with Gasteiger partial charge in [0.1, 0.15) is 29.6 Å². The van der Waals surface area contributed by atoms with Gasteiger partial charge in [-0.05, 0) is 30.7 Å². The van der Waals surface area contributed by atoms with E-state index in [1.165, 1.54) is 5.56 Å². The minimum Gasteiger partial charge on any atom is -0.487 e. The van der Waals surface area contributed by atoms with Crippen LogP contribution in [-0.2, 0) is 0 Å². The summed E-state index contributed by atoms with van der Waals surface area (Å²) in [5.74, 6) is 1.92. The smallest absolute Gasteiger partial charge is 0.142 e. The number of aromatic nitrogens is 3. The summed E-state index contributed by atoms with van der Waals surface area (Å²) in [5.41, 5.74) is 2.09. The fourth-order valence-electron chi connectivity index (χ4n) is 2.68. The number of aryl methyl sites for hydroxylation is 1. The van der Waals surface area contributed by atoms with Crippen molar-refractivity contribution in [3.63, 3.8) is 0 Å². The molecule has 1 N–H and O–H groups in total. The first kappa shape index (κ1) is 12.2. The second-order valence-corrected chi connectivity index (χ2v) is 5.40. The number of ether oxygens (including phenoxy) is 1. The van der Waals surface area contributed by atoms with Gasteiger partial charge in [0.15, 0.2) is 0 Å². The molecule has 4 rings (SSSR count). The van der Waals surface area contributed by atoms with Crippen molar-refractivity contribution in [1.82, 2.24) is 15.0 Å². The van der Waals surface area contributed by atoms with Gasteiger partial charge in [-0.2, -0.15) is 0 Å². The number of rotatable bonds is 3. The molecule has 106 valence electrons. The molecule has 0 bridgehead atoms. The monoisotopic (exact) mass is 280 g/mol. The molecule has 2 aromatic heterocycles. The van der Waals surface area contributed by atoms with E-state index in [0.717, 1.165) is 35.7 Å². The molecule has 0 amide bonds. The first-order chi connectivity index (χ1) is 10.3. The zero-order valence-electron chi connectivity index (χ0n) is 11.8. The number of benzene rings is 1. The third kappa shape index (κ3) is 2.20. The number of nitrogens with zero attached hydrogens (tertiary/aromatic N) is 3. The molecule has 0 atom stereocenters. The largest absolute Gasteiger partial charge is 0.487 e. The number of hydrogen-bond donors (Lipinski definition) is 1. The summed E-state index contributed by atoms with van der Waals surface area (Å²) in [5, 5.41) is 1.06. The molecule has 1 aliphatic heterocycles. The molecular weight excluding hydrogens is 264 g/mol. The molecular formula is C16H16N4O. The van der Waals surface area contributed by atoms with E-state index in [1.54, 1.807) is 6.33 Å². The molecule has 0 radical (unpaired) electrons. The lowest BCUT2D eigenvalue weighted by Crippen LogP contribution is -2.54. The molecule has 0 unspecified atom stereocenters. The molecule has 5 heteroatoms. The minimum atomic E-state index is 0.218. The van der Waals surface area contributed by atoms with Crippen molar-refractivity contribution in [2.24, 2.45) is 0 Å². The van der Waals surface area contributed by atoms with Crippen molar-refractivity contribution < 1.29 is 4.74 Å². The number of aromatic amines is 1. The normalized spacial score (nSPS) is 15.2.